The van der Waals surface area contributed by atoms with Crippen molar-refractivity contribution in [1.82, 2.24) is 9.97 Å². The second kappa shape index (κ2) is 5.54. The molecular formula is C12H10ClFN2OS. The highest BCUT2D eigenvalue weighted by atomic mass is 35.5. The van der Waals surface area contributed by atoms with Gasteiger partial charge in [0.25, 0.3) is 0 Å². The molecule has 1 aromatic carbocycles. The summed E-state index contributed by atoms with van der Waals surface area (Å²) in [5.74, 6) is 0.578. The summed E-state index contributed by atoms with van der Waals surface area (Å²) in [6, 6.07) is 6.00. The fourth-order valence-electron chi connectivity index (χ4n) is 1.32. The minimum Gasteiger partial charge on any atom is -0.439 e. The molecule has 0 saturated carbocycles. The molecule has 18 heavy (non-hydrogen) atoms. The molecule has 0 unspecified atom stereocenters. The van der Waals surface area contributed by atoms with Crippen molar-refractivity contribution < 1.29 is 9.13 Å². The fourth-order valence-corrected chi connectivity index (χ4v) is 1.92. The van der Waals surface area contributed by atoms with Crippen LogP contribution in [0.4, 0.5) is 4.39 Å². The molecule has 1 aromatic heterocycles. The van der Waals surface area contributed by atoms with E-state index in [2.05, 4.69) is 9.97 Å². The molecule has 3 nitrogen and oxygen atoms in total. The SMILES string of the molecule is CSc1nc(Cl)cc(Oc2ccc(F)c(C)c2)n1. The monoisotopic (exact) mass is 284 g/mol. The molecule has 0 N–H and O–H groups in total. The van der Waals surface area contributed by atoms with Gasteiger partial charge in [0.1, 0.15) is 16.7 Å². The Balaban J connectivity index is 2.27. The van der Waals surface area contributed by atoms with Crippen LogP contribution < -0.4 is 4.74 Å². The Kier molecular flexibility index (Phi) is 4.04. The first-order valence-electron chi connectivity index (χ1n) is 5.11. The predicted molar refractivity (Wildman–Crippen MR) is 70.0 cm³/mol. The van der Waals surface area contributed by atoms with Gasteiger partial charge in [-0.15, -0.1) is 0 Å². The van der Waals surface area contributed by atoms with Gasteiger partial charge in [0, 0.05) is 6.07 Å². The molecule has 0 atom stereocenters. The molecule has 0 fully saturated rings. The average Bonchev–Trinajstić information content (AvgIpc) is 2.33. The van der Waals surface area contributed by atoms with Crippen molar-refractivity contribution in [3.63, 3.8) is 0 Å². The number of rotatable bonds is 3. The average molecular weight is 285 g/mol. The Hall–Kier alpha value is -1.33. The summed E-state index contributed by atoms with van der Waals surface area (Å²) in [5, 5.41) is 0.833. The Morgan fingerprint density at radius 2 is 2.06 bits per heavy atom. The molecule has 0 aliphatic rings. The van der Waals surface area contributed by atoms with Gasteiger partial charge in [0.15, 0.2) is 5.16 Å². The molecule has 0 bridgehead atoms. The molecule has 2 rings (SSSR count). The van der Waals surface area contributed by atoms with Gasteiger partial charge in [0.05, 0.1) is 0 Å². The second-order valence-electron chi connectivity index (χ2n) is 3.53. The lowest BCUT2D eigenvalue weighted by Gasteiger charge is -2.07. The van der Waals surface area contributed by atoms with Crippen molar-refractivity contribution in [3.8, 4) is 11.6 Å². The van der Waals surface area contributed by atoms with Crippen molar-refractivity contribution in [1.29, 1.82) is 0 Å². The highest BCUT2D eigenvalue weighted by molar-refractivity contribution is 7.98. The number of aromatic nitrogens is 2. The zero-order chi connectivity index (χ0) is 13.1. The maximum absolute atomic E-state index is 13.1. The summed E-state index contributed by atoms with van der Waals surface area (Å²) < 4.78 is 18.6. The van der Waals surface area contributed by atoms with E-state index in [-0.39, 0.29) is 5.82 Å². The number of ether oxygens (including phenoxy) is 1. The van der Waals surface area contributed by atoms with Crippen LogP contribution in [0.3, 0.4) is 0 Å². The van der Waals surface area contributed by atoms with Crippen LogP contribution in [0.1, 0.15) is 5.56 Å². The van der Waals surface area contributed by atoms with Crippen molar-refractivity contribution in [3.05, 3.63) is 40.8 Å². The molecular weight excluding hydrogens is 275 g/mol. The maximum atomic E-state index is 13.1. The normalized spacial score (nSPS) is 10.4. The molecule has 94 valence electrons. The molecule has 2 aromatic rings. The molecule has 0 radical (unpaired) electrons. The zero-order valence-electron chi connectivity index (χ0n) is 9.78. The summed E-state index contributed by atoms with van der Waals surface area (Å²) in [6.45, 7) is 1.67. The number of benzene rings is 1. The number of aryl methyl sites for hydroxylation is 1. The van der Waals surface area contributed by atoms with Crippen molar-refractivity contribution in [2.24, 2.45) is 0 Å². The number of thioether (sulfide) groups is 1. The minimum atomic E-state index is -0.270. The van der Waals surface area contributed by atoms with Crippen LogP contribution in [0.25, 0.3) is 0 Å². The second-order valence-corrected chi connectivity index (χ2v) is 4.69. The first kappa shape index (κ1) is 13.1. The van der Waals surface area contributed by atoms with Crippen LogP contribution in [-0.4, -0.2) is 16.2 Å². The largest absolute Gasteiger partial charge is 0.439 e. The third-order valence-electron chi connectivity index (χ3n) is 2.19. The third kappa shape index (κ3) is 3.11. The number of nitrogens with zero attached hydrogens (tertiary/aromatic N) is 2. The molecule has 0 aliphatic heterocycles. The van der Waals surface area contributed by atoms with E-state index in [9.17, 15) is 4.39 Å². The lowest BCUT2D eigenvalue weighted by atomic mass is 10.2. The van der Waals surface area contributed by atoms with Gasteiger partial charge >= 0.3 is 0 Å². The van der Waals surface area contributed by atoms with Crippen LogP contribution in [0.15, 0.2) is 29.4 Å². The van der Waals surface area contributed by atoms with Gasteiger partial charge in [0.2, 0.25) is 5.88 Å². The molecule has 0 aliphatic carbocycles. The third-order valence-corrected chi connectivity index (χ3v) is 2.93. The van der Waals surface area contributed by atoms with Crippen LogP contribution in [0.2, 0.25) is 5.15 Å². The lowest BCUT2D eigenvalue weighted by molar-refractivity contribution is 0.453. The van der Waals surface area contributed by atoms with Gasteiger partial charge < -0.3 is 4.74 Å². The summed E-state index contributed by atoms with van der Waals surface area (Å²) >= 11 is 7.21. The Morgan fingerprint density at radius 3 is 2.72 bits per heavy atom. The van der Waals surface area contributed by atoms with Gasteiger partial charge in [-0.2, -0.15) is 4.98 Å². The molecule has 6 heteroatoms. The Bertz CT molecular complexity index is 580. The standard InChI is InChI=1S/C12H10ClFN2OS/c1-7-5-8(3-4-9(7)14)17-11-6-10(13)15-12(16-11)18-2/h3-6H,1-2H3. The Morgan fingerprint density at radius 1 is 1.28 bits per heavy atom. The maximum Gasteiger partial charge on any atom is 0.224 e. The first-order valence-corrected chi connectivity index (χ1v) is 6.71. The molecule has 0 spiro atoms. The van der Waals surface area contributed by atoms with Gasteiger partial charge in [-0.1, -0.05) is 23.4 Å². The molecule has 0 amide bonds. The van der Waals surface area contributed by atoms with E-state index < -0.39 is 0 Å². The Labute approximate surface area is 113 Å². The van der Waals surface area contributed by atoms with Crippen LogP contribution in [0.5, 0.6) is 11.6 Å². The van der Waals surface area contributed by atoms with Gasteiger partial charge in [-0.3, -0.25) is 0 Å². The zero-order valence-corrected chi connectivity index (χ0v) is 11.3. The van der Waals surface area contributed by atoms with Gasteiger partial charge in [-0.25, -0.2) is 9.37 Å². The smallest absolute Gasteiger partial charge is 0.224 e. The lowest BCUT2D eigenvalue weighted by Crippen LogP contribution is -1.93. The van der Waals surface area contributed by atoms with E-state index in [1.165, 1.54) is 30.0 Å². The fraction of sp³-hybridized carbons (Fsp3) is 0.167. The summed E-state index contributed by atoms with van der Waals surface area (Å²) in [4.78, 5) is 8.15. The van der Waals surface area contributed by atoms with E-state index in [0.29, 0.717) is 27.5 Å². The van der Waals surface area contributed by atoms with E-state index in [4.69, 9.17) is 16.3 Å². The number of halogens is 2. The summed E-state index contributed by atoms with van der Waals surface area (Å²) in [5.41, 5.74) is 0.512. The first-order chi connectivity index (χ1) is 8.58. The summed E-state index contributed by atoms with van der Waals surface area (Å²) in [6.07, 6.45) is 1.84. The van der Waals surface area contributed by atoms with E-state index in [0.717, 1.165) is 0 Å². The summed E-state index contributed by atoms with van der Waals surface area (Å²) in [7, 11) is 0. The van der Waals surface area contributed by atoms with E-state index in [1.54, 1.807) is 13.0 Å². The van der Waals surface area contributed by atoms with Crippen LogP contribution >= 0.6 is 23.4 Å². The van der Waals surface area contributed by atoms with E-state index in [1.807, 2.05) is 6.26 Å². The van der Waals surface area contributed by atoms with Gasteiger partial charge in [-0.05, 0) is 36.9 Å². The highest BCUT2D eigenvalue weighted by Gasteiger charge is 2.06. The van der Waals surface area contributed by atoms with Crippen molar-refractivity contribution in [2.45, 2.75) is 12.1 Å². The number of hydrogen-bond acceptors (Lipinski definition) is 4. The van der Waals surface area contributed by atoms with E-state index >= 15 is 0 Å². The van der Waals surface area contributed by atoms with Crippen molar-refractivity contribution >= 4 is 23.4 Å². The minimum absolute atomic E-state index is 0.270. The topological polar surface area (TPSA) is 35.0 Å². The quantitative estimate of drug-likeness (QED) is 0.483. The molecule has 1 heterocycles. The highest BCUT2D eigenvalue weighted by Crippen LogP contribution is 2.25. The molecule has 0 saturated heterocycles. The number of hydrogen-bond donors (Lipinski definition) is 0. The van der Waals surface area contributed by atoms with Crippen LogP contribution in [-0.2, 0) is 0 Å². The van der Waals surface area contributed by atoms with Crippen molar-refractivity contribution in [2.75, 3.05) is 6.26 Å². The predicted octanol–water partition coefficient (Wildman–Crippen LogP) is 4.09. The van der Waals surface area contributed by atoms with Crippen LogP contribution in [0, 0.1) is 12.7 Å².